The van der Waals surface area contributed by atoms with Gasteiger partial charge in [0.05, 0.1) is 23.7 Å². The van der Waals surface area contributed by atoms with Gasteiger partial charge in [-0.15, -0.1) is 0 Å². The first-order chi connectivity index (χ1) is 8.70. The third kappa shape index (κ3) is 3.90. The number of hydrogen-bond donors (Lipinski definition) is 1. The number of carbonyl (C=O) groups is 1. The van der Waals surface area contributed by atoms with Gasteiger partial charge < -0.3 is 5.11 Å². The third-order valence-electron chi connectivity index (χ3n) is 3.39. The van der Waals surface area contributed by atoms with E-state index in [0.29, 0.717) is 0 Å². The molecular weight excluding hydrogens is 294 g/mol. The molecule has 2 rings (SSSR count). The van der Waals surface area contributed by atoms with Crippen LogP contribution in [0.2, 0.25) is 0 Å². The SMILES string of the molecule is O=C(O)CC1CS(=O)(=O)CCN1S(=O)(=O)CC1CC1. The average Bonchev–Trinajstić information content (AvgIpc) is 2.97. The Hall–Kier alpha value is -0.670. The van der Waals surface area contributed by atoms with E-state index >= 15 is 0 Å². The number of sulfone groups is 1. The number of hydrogen-bond acceptors (Lipinski definition) is 5. The van der Waals surface area contributed by atoms with Crippen LogP contribution in [0.4, 0.5) is 0 Å². The molecule has 0 spiro atoms. The van der Waals surface area contributed by atoms with Crippen LogP contribution in [0.1, 0.15) is 19.3 Å². The predicted molar refractivity (Wildman–Crippen MR) is 67.9 cm³/mol. The normalized spacial score (nSPS) is 28.1. The highest BCUT2D eigenvalue weighted by Crippen LogP contribution is 2.32. The second-order valence-electron chi connectivity index (χ2n) is 5.20. The highest BCUT2D eigenvalue weighted by molar-refractivity contribution is 7.92. The van der Waals surface area contributed by atoms with E-state index in [-0.39, 0.29) is 24.0 Å². The largest absolute Gasteiger partial charge is 0.481 e. The van der Waals surface area contributed by atoms with Crippen molar-refractivity contribution in [3.8, 4) is 0 Å². The smallest absolute Gasteiger partial charge is 0.305 e. The van der Waals surface area contributed by atoms with Gasteiger partial charge in [-0.25, -0.2) is 16.8 Å². The van der Waals surface area contributed by atoms with E-state index in [0.717, 1.165) is 17.1 Å². The van der Waals surface area contributed by atoms with Crippen LogP contribution < -0.4 is 0 Å². The van der Waals surface area contributed by atoms with E-state index < -0.39 is 44.0 Å². The second-order valence-corrected chi connectivity index (χ2v) is 9.39. The van der Waals surface area contributed by atoms with Crippen molar-refractivity contribution in [2.45, 2.75) is 25.3 Å². The molecule has 0 amide bonds. The molecule has 1 saturated carbocycles. The molecule has 1 N–H and O–H groups in total. The molecule has 2 aliphatic rings. The molecule has 1 saturated heterocycles. The van der Waals surface area contributed by atoms with Crippen LogP contribution in [-0.2, 0) is 24.7 Å². The molecule has 0 radical (unpaired) electrons. The van der Waals surface area contributed by atoms with Crippen molar-refractivity contribution in [3.63, 3.8) is 0 Å². The molecule has 0 aromatic rings. The number of carboxylic acid groups (broad SMARTS) is 1. The van der Waals surface area contributed by atoms with Gasteiger partial charge in [-0.05, 0) is 18.8 Å². The lowest BCUT2D eigenvalue weighted by molar-refractivity contribution is -0.137. The Morgan fingerprint density at radius 2 is 1.95 bits per heavy atom. The van der Waals surface area contributed by atoms with E-state index in [1.807, 2.05) is 0 Å². The predicted octanol–water partition coefficient (Wildman–Crippen LogP) is -0.700. The van der Waals surface area contributed by atoms with E-state index in [9.17, 15) is 21.6 Å². The zero-order valence-electron chi connectivity index (χ0n) is 10.4. The van der Waals surface area contributed by atoms with Gasteiger partial charge in [0.2, 0.25) is 10.0 Å². The Bertz CT molecular complexity index is 563. The molecule has 7 nitrogen and oxygen atoms in total. The fraction of sp³-hybridized carbons (Fsp3) is 0.900. The number of sulfonamides is 1. The summed E-state index contributed by atoms with van der Waals surface area (Å²) >= 11 is 0. The summed E-state index contributed by atoms with van der Waals surface area (Å²) in [5, 5.41) is 8.80. The van der Waals surface area contributed by atoms with Crippen LogP contribution in [0.3, 0.4) is 0 Å². The Kier molecular flexibility index (Phi) is 3.90. The van der Waals surface area contributed by atoms with Crippen molar-refractivity contribution in [2.75, 3.05) is 23.8 Å². The third-order valence-corrected chi connectivity index (χ3v) is 7.17. The Balaban J connectivity index is 2.18. The Morgan fingerprint density at radius 1 is 1.32 bits per heavy atom. The van der Waals surface area contributed by atoms with Crippen molar-refractivity contribution in [1.29, 1.82) is 0 Å². The van der Waals surface area contributed by atoms with Crippen LogP contribution >= 0.6 is 0 Å². The van der Waals surface area contributed by atoms with Crippen LogP contribution in [0, 0.1) is 5.92 Å². The fourth-order valence-electron chi connectivity index (χ4n) is 2.28. The van der Waals surface area contributed by atoms with Crippen LogP contribution in [0.25, 0.3) is 0 Å². The Morgan fingerprint density at radius 3 is 2.47 bits per heavy atom. The van der Waals surface area contributed by atoms with Gasteiger partial charge >= 0.3 is 5.97 Å². The number of nitrogens with zero attached hydrogens (tertiary/aromatic N) is 1. The van der Waals surface area contributed by atoms with Gasteiger partial charge in [0.15, 0.2) is 9.84 Å². The van der Waals surface area contributed by atoms with Gasteiger partial charge in [-0.1, -0.05) is 0 Å². The van der Waals surface area contributed by atoms with Crippen molar-refractivity contribution in [2.24, 2.45) is 5.92 Å². The first-order valence-electron chi connectivity index (χ1n) is 6.11. The molecule has 1 aliphatic heterocycles. The summed E-state index contributed by atoms with van der Waals surface area (Å²) in [6.45, 7) is -0.130. The number of carboxylic acids is 1. The van der Waals surface area contributed by atoms with E-state index in [1.165, 1.54) is 0 Å². The van der Waals surface area contributed by atoms with Crippen molar-refractivity contribution >= 4 is 25.8 Å². The molecule has 1 atom stereocenters. The standard InChI is InChI=1S/C10H17NO6S2/c12-10(13)5-9-7-18(14,15)4-3-11(9)19(16,17)6-8-1-2-8/h8-9H,1-7H2,(H,12,13). The van der Waals surface area contributed by atoms with Crippen LogP contribution in [0.5, 0.6) is 0 Å². The summed E-state index contributed by atoms with van der Waals surface area (Å²) in [5.41, 5.74) is 0. The lowest BCUT2D eigenvalue weighted by Gasteiger charge is -2.33. The molecule has 1 heterocycles. The molecule has 2 fully saturated rings. The molecule has 1 unspecified atom stereocenters. The lowest BCUT2D eigenvalue weighted by atomic mass is 10.2. The Labute approximate surface area is 112 Å². The summed E-state index contributed by atoms with van der Waals surface area (Å²) in [6.07, 6.45) is 1.27. The van der Waals surface area contributed by atoms with Gasteiger partial charge in [0, 0.05) is 12.6 Å². The van der Waals surface area contributed by atoms with Crippen molar-refractivity contribution in [3.05, 3.63) is 0 Å². The zero-order valence-corrected chi connectivity index (χ0v) is 12.0. The summed E-state index contributed by atoms with van der Waals surface area (Å²) in [7, 11) is -6.91. The highest BCUT2D eigenvalue weighted by atomic mass is 32.2. The molecule has 110 valence electrons. The summed E-state index contributed by atoms with van der Waals surface area (Å²) in [5.74, 6) is -1.66. The number of rotatable bonds is 5. The maximum Gasteiger partial charge on any atom is 0.305 e. The maximum absolute atomic E-state index is 12.2. The molecular formula is C10H17NO6S2. The van der Waals surface area contributed by atoms with Gasteiger partial charge in [-0.2, -0.15) is 4.31 Å². The van der Waals surface area contributed by atoms with E-state index in [2.05, 4.69) is 0 Å². The van der Waals surface area contributed by atoms with Gasteiger partial charge in [-0.3, -0.25) is 4.79 Å². The zero-order chi connectivity index (χ0) is 14.3. The maximum atomic E-state index is 12.2. The van der Waals surface area contributed by atoms with Crippen LogP contribution in [-0.4, -0.2) is 62.1 Å². The van der Waals surface area contributed by atoms with E-state index in [1.54, 1.807) is 0 Å². The minimum atomic E-state index is -3.56. The van der Waals surface area contributed by atoms with Gasteiger partial charge in [0.25, 0.3) is 0 Å². The lowest BCUT2D eigenvalue weighted by Crippen LogP contribution is -2.52. The average molecular weight is 311 g/mol. The molecule has 1 aliphatic carbocycles. The minimum Gasteiger partial charge on any atom is -0.481 e. The van der Waals surface area contributed by atoms with Gasteiger partial charge in [0.1, 0.15) is 0 Å². The molecule has 9 heteroatoms. The first kappa shape index (κ1) is 14.7. The summed E-state index contributed by atoms with van der Waals surface area (Å²) in [6, 6.07) is -0.972. The highest BCUT2D eigenvalue weighted by Gasteiger charge is 2.41. The molecule has 0 aromatic heterocycles. The molecule has 0 aromatic carbocycles. The number of aliphatic carboxylic acids is 1. The molecule has 0 bridgehead atoms. The molecule has 19 heavy (non-hydrogen) atoms. The van der Waals surface area contributed by atoms with Crippen LogP contribution in [0.15, 0.2) is 0 Å². The quantitative estimate of drug-likeness (QED) is 0.719. The van der Waals surface area contributed by atoms with Crippen molar-refractivity contribution < 1.29 is 26.7 Å². The summed E-state index contributed by atoms with van der Waals surface area (Å²) < 4.78 is 48.5. The topological polar surface area (TPSA) is 109 Å². The minimum absolute atomic E-state index is 0.00314. The second kappa shape index (κ2) is 5.02. The fourth-order valence-corrected chi connectivity index (χ4v) is 6.11. The summed E-state index contributed by atoms with van der Waals surface area (Å²) in [4.78, 5) is 10.8. The van der Waals surface area contributed by atoms with Crippen molar-refractivity contribution in [1.82, 2.24) is 4.31 Å². The van der Waals surface area contributed by atoms with E-state index in [4.69, 9.17) is 5.11 Å². The first-order valence-corrected chi connectivity index (χ1v) is 9.54. The monoisotopic (exact) mass is 311 g/mol.